The molecule has 0 fully saturated rings. The van der Waals surface area contributed by atoms with Crippen molar-refractivity contribution in [1.29, 1.82) is 0 Å². The van der Waals surface area contributed by atoms with Crippen LogP contribution >= 0.6 is 8.18 Å². The number of nitrogens with one attached hydrogen (secondary N) is 2. The van der Waals surface area contributed by atoms with Crippen molar-refractivity contribution in [2.45, 2.75) is 79.2 Å². The predicted octanol–water partition coefficient (Wildman–Crippen LogP) is 2.04. The molecule has 26 heavy (non-hydrogen) atoms. The highest BCUT2D eigenvalue weighted by Crippen LogP contribution is 2.20. The SMILES string of the molecule is CC(C)OC(=O)C(C)N[P+](=O)OC1=NC(OC(C)C)N=C(OC(C)C)N1. The highest BCUT2D eigenvalue weighted by molar-refractivity contribution is 7.37. The summed E-state index contributed by atoms with van der Waals surface area (Å²) in [5.41, 5.74) is 0. The smallest absolute Gasteiger partial charge is 0.462 e. The van der Waals surface area contributed by atoms with Crippen molar-refractivity contribution < 1.29 is 28.1 Å². The van der Waals surface area contributed by atoms with Crippen LogP contribution in [0.25, 0.3) is 0 Å². The minimum absolute atomic E-state index is 0.0839. The molecule has 0 amide bonds. The normalized spacial score (nSPS) is 18.8. The average molecular weight is 391 g/mol. The van der Waals surface area contributed by atoms with Gasteiger partial charge >= 0.3 is 20.2 Å². The van der Waals surface area contributed by atoms with E-state index >= 15 is 0 Å². The zero-order valence-corrected chi connectivity index (χ0v) is 17.1. The lowest BCUT2D eigenvalue weighted by molar-refractivity contribution is -0.148. The molecule has 3 atom stereocenters. The first kappa shape index (κ1) is 22.3. The van der Waals surface area contributed by atoms with E-state index in [0.717, 1.165) is 0 Å². The second kappa shape index (κ2) is 10.4. The molecule has 2 N–H and O–H groups in total. The predicted molar refractivity (Wildman–Crippen MR) is 96.8 cm³/mol. The second-order valence-corrected chi connectivity index (χ2v) is 7.31. The van der Waals surface area contributed by atoms with Crippen molar-refractivity contribution in [2.24, 2.45) is 9.98 Å². The first-order chi connectivity index (χ1) is 12.1. The molecule has 0 spiro atoms. The lowest BCUT2D eigenvalue weighted by atomic mass is 10.4. The third kappa shape index (κ3) is 8.55. The number of hydrogen-bond donors (Lipinski definition) is 2. The van der Waals surface area contributed by atoms with Crippen LogP contribution < -0.4 is 10.4 Å². The third-order valence-electron chi connectivity index (χ3n) is 2.58. The molecular formula is C15H28N4O6P+. The Labute approximate surface area is 154 Å². The Hall–Kier alpha value is -1.77. The number of esters is 1. The van der Waals surface area contributed by atoms with Gasteiger partial charge in [0, 0.05) is 4.57 Å². The summed E-state index contributed by atoms with van der Waals surface area (Å²) in [6, 6.07) is -0.751. The van der Waals surface area contributed by atoms with Crippen LogP contribution in [0.4, 0.5) is 0 Å². The van der Waals surface area contributed by atoms with E-state index in [1.54, 1.807) is 13.8 Å². The van der Waals surface area contributed by atoms with E-state index in [-0.39, 0.29) is 30.4 Å². The van der Waals surface area contributed by atoms with Gasteiger partial charge in [-0.15, -0.1) is 0 Å². The minimum Gasteiger partial charge on any atom is -0.462 e. The first-order valence-electron chi connectivity index (χ1n) is 8.43. The molecule has 0 aliphatic carbocycles. The quantitative estimate of drug-likeness (QED) is 0.476. The summed E-state index contributed by atoms with van der Waals surface area (Å²) in [7, 11) is -2.44. The van der Waals surface area contributed by atoms with Crippen LogP contribution in [-0.4, -0.2) is 48.7 Å². The standard InChI is InChI=1S/C15H28N4O6P/c1-8(2)22-12(20)11(7)19-26(21)25-15-17-13(23-9(3)4)16-14(18-15)24-10(5)6/h8-11,13H,1-7H3,(H,19,21)(H,16,17,18)/q+1. The largest absolute Gasteiger partial charge is 0.667 e. The summed E-state index contributed by atoms with van der Waals surface area (Å²) in [5, 5.41) is 5.20. The summed E-state index contributed by atoms with van der Waals surface area (Å²) in [4.78, 5) is 20.0. The molecule has 0 saturated carbocycles. The van der Waals surface area contributed by atoms with Crippen molar-refractivity contribution in [3.05, 3.63) is 0 Å². The molecule has 0 bridgehead atoms. The van der Waals surface area contributed by atoms with Crippen LogP contribution in [0.2, 0.25) is 0 Å². The van der Waals surface area contributed by atoms with Gasteiger partial charge in [-0.2, -0.15) is 14.5 Å². The molecule has 1 rings (SSSR count). The minimum atomic E-state index is -2.44. The molecule has 10 nitrogen and oxygen atoms in total. The van der Waals surface area contributed by atoms with Crippen molar-refractivity contribution in [2.75, 3.05) is 0 Å². The Morgan fingerprint density at radius 1 is 1.04 bits per heavy atom. The van der Waals surface area contributed by atoms with Crippen molar-refractivity contribution in [3.63, 3.8) is 0 Å². The molecule has 0 aromatic rings. The fraction of sp³-hybridized carbons (Fsp3) is 0.800. The molecule has 3 unspecified atom stereocenters. The summed E-state index contributed by atoms with van der Waals surface area (Å²) in [6.07, 6.45) is -1.43. The summed E-state index contributed by atoms with van der Waals surface area (Å²) >= 11 is 0. The molecule has 0 aromatic heterocycles. The average Bonchev–Trinajstić information content (AvgIpc) is 2.44. The molecule has 11 heteroatoms. The van der Waals surface area contributed by atoms with E-state index in [1.807, 2.05) is 27.7 Å². The Balaban J connectivity index is 2.69. The maximum Gasteiger partial charge on any atom is 0.667 e. The fourth-order valence-electron chi connectivity index (χ4n) is 1.67. The number of amidine groups is 2. The van der Waals surface area contributed by atoms with Crippen LogP contribution in [0.5, 0.6) is 0 Å². The number of carbonyl (C=O) groups is 1. The second-order valence-electron chi connectivity index (χ2n) is 6.36. The van der Waals surface area contributed by atoms with Crippen LogP contribution in [0, 0.1) is 0 Å². The van der Waals surface area contributed by atoms with Gasteiger partial charge in [0.05, 0.1) is 18.3 Å². The van der Waals surface area contributed by atoms with Gasteiger partial charge in [-0.05, 0) is 48.5 Å². The number of hydrogen-bond acceptors (Lipinski definition) is 9. The summed E-state index contributed by atoms with van der Waals surface area (Å²) in [6.45, 7) is 12.3. The Bertz CT molecular complexity index is 564. The van der Waals surface area contributed by atoms with E-state index in [4.69, 9.17) is 18.7 Å². The molecule has 0 aromatic carbocycles. The van der Waals surface area contributed by atoms with Gasteiger partial charge in [0.25, 0.3) is 12.4 Å². The Morgan fingerprint density at radius 3 is 2.19 bits per heavy atom. The molecule has 148 valence electrons. The molecular weight excluding hydrogens is 363 g/mol. The lowest BCUT2D eigenvalue weighted by Gasteiger charge is -2.21. The monoisotopic (exact) mass is 391 g/mol. The Morgan fingerprint density at radius 2 is 1.65 bits per heavy atom. The molecule has 0 saturated heterocycles. The molecule has 0 radical (unpaired) electrons. The summed E-state index contributed by atoms with van der Waals surface area (Å²) < 4.78 is 33.4. The van der Waals surface area contributed by atoms with E-state index in [1.165, 1.54) is 6.92 Å². The summed E-state index contributed by atoms with van der Waals surface area (Å²) in [5.74, 6) is -0.531. The first-order valence-corrected chi connectivity index (χ1v) is 9.61. The molecule has 1 aliphatic rings. The Kier molecular flexibility index (Phi) is 8.91. The number of rotatable bonds is 8. The van der Waals surface area contributed by atoms with E-state index in [9.17, 15) is 9.36 Å². The van der Waals surface area contributed by atoms with Gasteiger partial charge in [-0.25, -0.2) is 0 Å². The maximum atomic E-state index is 12.1. The van der Waals surface area contributed by atoms with E-state index < -0.39 is 26.5 Å². The highest BCUT2D eigenvalue weighted by atomic mass is 31.1. The van der Waals surface area contributed by atoms with Crippen LogP contribution in [-0.2, 0) is 28.1 Å². The van der Waals surface area contributed by atoms with Crippen molar-refractivity contribution in [1.82, 2.24) is 10.4 Å². The van der Waals surface area contributed by atoms with Gasteiger partial charge in [0.2, 0.25) is 0 Å². The zero-order valence-electron chi connectivity index (χ0n) is 16.2. The third-order valence-corrected chi connectivity index (χ3v) is 3.52. The number of nitrogens with zero attached hydrogens (tertiary/aromatic N) is 2. The van der Waals surface area contributed by atoms with Gasteiger partial charge < -0.3 is 14.2 Å². The topological polar surface area (TPSA) is 120 Å². The number of ether oxygens (including phenoxy) is 3. The van der Waals surface area contributed by atoms with Crippen LogP contribution in [0.1, 0.15) is 48.5 Å². The number of aliphatic imine (C=N–C) groups is 2. The van der Waals surface area contributed by atoms with Gasteiger partial charge in [-0.3, -0.25) is 10.1 Å². The molecule has 1 heterocycles. The van der Waals surface area contributed by atoms with Crippen molar-refractivity contribution >= 4 is 26.2 Å². The van der Waals surface area contributed by atoms with Gasteiger partial charge in [-0.1, -0.05) is 5.09 Å². The van der Waals surface area contributed by atoms with Crippen molar-refractivity contribution in [3.8, 4) is 0 Å². The van der Waals surface area contributed by atoms with Gasteiger partial charge in [0.15, 0.2) is 0 Å². The number of carbonyl (C=O) groups excluding carboxylic acids is 1. The lowest BCUT2D eigenvalue weighted by Crippen LogP contribution is -2.41. The van der Waals surface area contributed by atoms with Gasteiger partial charge in [0.1, 0.15) is 6.04 Å². The van der Waals surface area contributed by atoms with Crippen LogP contribution in [0.15, 0.2) is 9.98 Å². The fourth-order valence-corrected chi connectivity index (χ4v) is 2.39. The van der Waals surface area contributed by atoms with Crippen LogP contribution in [0.3, 0.4) is 0 Å². The van der Waals surface area contributed by atoms with E-state index in [0.29, 0.717) is 0 Å². The molecule has 1 aliphatic heterocycles. The zero-order chi connectivity index (χ0) is 19.9. The highest BCUT2D eigenvalue weighted by Gasteiger charge is 2.33. The maximum absolute atomic E-state index is 12.1. The van der Waals surface area contributed by atoms with E-state index in [2.05, 4.69) is 20.4 Å².